The van der Waals surface area contributed by atoms with Crippen molar-refractivity contribution < 1.29 is 19.4 Å². The van der Waals surface area contributed by atoms with Crippen LogP contribution in [-0.4, -0.2) is 23.6 Å². The molecule has 6 heteroatoms. The molecule has 0 aliphatic heterocycles. The maximum Gasteiger partial charge on any atom is 0.346 e. The summed E-state index contributed by atoms with van der Waals surface area (Å²) in [4.78, 5) is 22.9. The van der Waals surface area contributed by atoms with Crippen LogP contribution in [-0.2, 0) is 4.79 Å². The molecule has 110 valence electrons. The highest BCUT2D eigenvalue weighted by molar-refractivity contribution is 7.18. The van der Waals surface area contributed by atoms with Gasteiger partial charge in [0.2, 0.25) is 0 Å². The fourth-order valence-corrected chi connectivity index (χ4v) is 2.71. The van der Waals surface area contributed by atoms with E-state index in [0.29, 0.717) is 16.3 Å². The zero-order valence-electron chi connectivity index (χ0n) is 11.7. The molecular formula is C15H15NO4S. The van der Waals surface area contributed by atoms with Crippen LogP contribution in [0.25, 0.3) is 0 Å². The molecule has 21 heavy (non-hydrogen) atoms. The number of nitrogens with one attached hydrogen (secondary N) is 1. The zero-order valence-corrected chi connectivity index (χ0v) is 12.5. The van der Waals surface area contributed by atoms with Gasteiger partial charge >= 0.3 is 5.97 Å². The second kappa shape index (κ2) is 6.41. The van der Waals surface area contributed by atoms with E-state index in [1.54, 1.807) is 19.1 Å². The summed E-state index contributed by atoms with van der Waals surface area (Å²) in [6.45, 7) is 3.51. The predicted molar refractivity (Wildman–Crippen MR) is 81.3 cm³/mol. The van der Waals surface area contributed by atoms with E-state index in [0.717, 1.165) is 16.9 Å². The molecule has 0 spiro atoms. The first-order valence-corrected chi connectivity index (χ1v) is 7.10. The third kappa shape index (κ3) is 4.06. The highest BCUT2D eigenvalue weighted by Gasteiger charge is 2.13. The molecule has 0 saturated carbocycles. The summed E-state index contributed by atoms with van der Waals surface area (Å²) < 4.78 is 5.38. The average molecular weight is 305 g/mol. The zero-order chi connectivity index (χ0) is 15.4. The summed E-state index contributed by atoms with van der Waals surface area (Å²) in [6.07, 6.45) is 0. The van der Waals surface area contributed by atoms with Gasteiger partial charge < -0.3 is 15.2 Å². The van der Waals surface area contributed by atoms with Crippen molar-refractivity contribution in [3.8, 4) is 5.75 Å². The van der Waals surface area contributed by atoms with Gasteiger partial charge in [-0.1, -0.05) is 12.1 Å². The quantitative estimate of drug-likeness (QED) is 0.890. The predicted octanol–water partition coefficient (Wildman–Crippen LogP) is 3.08. The van der Waals surface area contributed by atoms with E-state index < -0.39 is 5.97 Å². The Morgan fingerprint density at radius 1 is 1.29 bits per heavy atom. The molecule has 2 rings (SSSR count). The van der Waals surface area contributed by atoms with E-state index in [-0.39, 0.29) is 17.4 Å². The number of rotatable bonds is 5. The molecule has 1 aromatic heterocycles. The topological polar surface area (TPSA) is 75.6 Å². The summed E-state index contributed by atoms with van der Waals surface area (Å²) >= 11 is 1.03. The van der Waals surface area contributed by atoms with Crippen LogP contribution in [0.5, 0.6) is 5.75 Å². The first kappa shape index (κ1) is 15.1. The molecule has 0 radical (unpaired) electrons. The van der Waals surface area contributed by atoms with Crippen molar-refractivity contribution >= 4 is 28.2 Å². The number of aromatic carboxylic acids is 1. The highest BCUT2D eigenvalue weighted by atomic mass is 32.1. The summed E-state index contributed by atoms with van der Waals surface area (Å²) in [5, 5.41) is 12.1. The first-order chi connectivity index (χ1) is 9.95. The van der Waals surface area contributed by atoms with Crippen LogP contribution in [0.1, 0.15) is 20.8 Å². The summed E-state index contributed by atoms with van der Waals surface area (Å²) in [5.74, 6) is -0.692. The first-order valence-electron chi connectivity index (χ1n) is 6.29. The molecule has 0 saturated heterocycles. The highest BCUT2D eigenvalue weighted by Crippen LogP contribution is 2.26. The fraction of sp³-hybridized carbons (Fsp3) is 0.200. The van der Waals surface area contributed by atoms with E-state index in [2.05, 4.69) is 5.32 Å². The second-order valence-corrected chi connectivity index (χ2v) is 5.63. The Morgan fingerprint density at radius 3 is 2.67 bits per heavy atom. The summed E-state index contributed by atoms with van der Waals surface area (Å²) in [6, 6.07) is 9.04. The Balaban J connectivity index is 1.93. The number of hydrogen-bond acceptors (Lipinski definition) is 4. The molecule has 1 heterocycles. The minimum atomic E-state index is -0.992. The van der Waals surface area contributed by atoms with E-state index in [9.17, 15) is 9.59 Å². The molecule has 1 amide bonds. The van der Waals surface area contributed by atoms with Crippen molar-refractivity contribution in [3.63, 3.8) is 0 Å². The summed E-state index contributed by atoms with van der Waals surface area (Å²) in [7, 11) is 0. The molecule has 0 aliphatic rings. The van der Waals surface area contributed by atoms with Gasteiger partial charge in [-0.15, -0.1) is 11.3 Å². The van der Waals surface area contributed by atoms with Gasteiger partial charge in [-0.3, -0.25) is 4.79 Å². The van der Waals surface area contributed by atoms with Crippen LogP contribution in [0, 0.1) is 13.8 Å². The molecule has 0 fully saturated rings. The number of carbonyl (C=O) groups excluding carboxylic acids is 1. The normalized spacial score (nSPS) is 10.2. The number of carboxylic acid groups (broad SMARTS) is 1. The minimum Gasteiger partial charge on any atom is -0.484 e. The molecule has 1 aromatic carbocycles. The van der Waals surface area contributed by atoms with Crippen LogP contribution in [0.3, 0.4) is 0 Å². The Labute approximate surface area is 126 Å². The lowest BCUT2D eigenvalue weighted by Gasteiger charge is -2.06. The molecule has 0 bridgehead atoms. The molecule has 2 aromatic rings. The van der Waals surface area contributed by atoms with Gasteiger partial charge in [-0.25, -0.2) is 4.79 Å². The van der Waals surface area contributed by atoms with Gasteiger partial charge in [-0.05, 0) is 43.2 Å². The van der Waals surface area contributed by atoms with Gasteiger partial charge in [0, 0.05) is 0 Å². The number of carboxylic acids is 1. The maximum atomic E-state index is 11.8. The lowest BCUT2D eigenvalue weighted by Crippen LogP contribution is -2.19. The monoisotopic (exact) mass is 305 g/mol. The van der Waals surface area contributed by atoms with E-state index in [1.165, 1.54) is 0 Å². The van der Waals surface area contributed by atoms with Gasteiger partial charge in [0.05, 0.1) is 5.00 Å². The third-order valence-corrected chi connectivity index (χ3v) is 3.87. The molecule has 0 unspecified atom stereocenters. The van der Waals surface area contributed by atoms with Gasteiger partial charge in [0.15, 0.2) is 6.61 Å². The van der Waals surface area contributed by atoms with Crippen molar-refractivity contribution in [1.82, 2.24) is 0 Å². The van der Waals surface area contributed by atoms with E-state index in [4.69, 9.17) is 9.84 Å². The Bertz CT molecular complexity index is 678. The van der Waals surface area contributed by atoms with Gasteiger partial charge in [0.1, 0.15) is 10.6 Å². The Hall–Kier alpha value is -2.34. The number of thiophene rings is 1. The number of benzene rings is 1. The standard InChI is InChI=1S/C15H15NO4S/c1-9-4-3-5-11(6-9)20-8-12(17)16-13-7-10(2)14(21-13)15(18)19/h3-7H,8H2,1-2H3,(H,16,17)(H,18,19). The van der Waals surface area contributed by atoms with Crippen LogP contribution >= 0.6 is 11.3 Å². The van der Waals surface area contributed by atoms with Crippen molar-refractivity contribution in [2.24, 2.45) is 0 Å². The van der Waals surface area contributed by atoms with Crippen LogP contribution in [0.2, 0.25) is 0 Å². The average Bonchev–Trinajstić information content (AvgIpc) is 2.77. The fourth-order valence-electron chi connectivity index (χ4n) is 1.78. The van der Waals surface area contributed by atoms with Crippen molar-refractivity contribution in [1.29, 1.82) is 0 Å². The van der Waals surface area contributed by atoms with Gasteiger partial charge in [0.25, 0.3) is 5.91 Å². The van der Waals surface area contributed by atoms with Crippen molar-refractivity contribution in [2.45, 2.75) is 13.8 Å². The minimum absolute atomic E-state index is 0.122. The maximum absolute atomic E-state index is 11.8. The number of ether oxygens (including phenoxy) is 1. The molecule has 2 N–H and O–H groups in total. The lowest BCUT2D eigenvalue weighted by atomic mass is 10.2. The van der Waals surface area contributed by atoms with E-state index >= 15 is 0 Å². The molecule has 5 nitrogen and oxygen atoms in total. The smallest absolute Gasteiger partial charge is 0.346 e. The number of amides is 1. The van der Waals surface area contributed by atoms with Crippen LogP contribution in [0.15, 0.2) is 30.3 Å². The summed E-state index contributed by atoms with van der Waals surface area (Å²) in [5.41, 5.74) is 1.68. The molecular weight excluding hydrogens is 290 g/mol. The second-order valence-electron chi connectivity index (χ2n) is 4.58. The Kier molecular flexibility index (Phi) is 4.59. The Morgan fingerprint density at radius 2 is 2.05 bits per heavy atom. The number of anilines is 1. The van der Waals surface area contributed by atoms with E-state index in [1.807, 2.05) is 25.1 Å². The van der Waals surface area contributed by atoms with Crippen molar-refractivity contribution in [2.75, 3.05) is 11.9 Å². The number of aryl methyl sites for hydroxylation is 2. The largest absolute Gasteiger partial charge is 0.484 e. The molecule has 0 aliphatic carbocycles. The van der Waals surface area contributed by atoms with Crippen molar-refractivity contribution in [3.05, 3.63) is 46.3 Å². The number of hydrogen-bond donors (Lipinski definition) is 2. The third-order valence-electron chi connectivity index (χ3n) is 2.73. The number of carbonyl (C=O) groups is 2. The van der Waals surface area contributed by atoms with Crippen LogP contribution < -0.4 is 10.1 Å². The SMILES string of the molecule is Cc1cccc(OCC(=O)Nc2cc(C)c(C(=O)O)s2)c1. The van der Waals surface area contributed by atoms with Gasteiger partial charge in [-0.2, -0.15) is 0 Å². The van der Waals surface area contributed by atoms with Crippen LogP contribution in [0.4, 0.5) is 5.00 Å². The molecule has 0 atom stereocenters. The lowest BCUT2D eigenvalue weighted by molar-refractivity contribution is -0.118.